The van der Waals surface area contributed by atoms with Gasteiger partial charge >= 0.3 is 0 Å². The van der Waals surface area contributed by atoms with Crippen LogP contribution in [-0.2, 0) is 4.79 Å². The highest BCUT2D eigenvalue weighted by Crippen LogP contribution is 2.21. The van der Waals surface area contributed by atoms with Crippen molar-refractivity contribution >= 4 is 34.6 Å². The van der Waals surface area contributed by atoms with Gasteiger partial charge in [0.15, 0.2) is 5.65 Å². The first-order valence-corrected chi connectivity index (χ1v) is 4.38. The molecular weight excluding hydrogens is 218 g/mol. The molecule has 7 heteroatoms. The number of aromatic nitrogens is 4. The van der Waals surface area contributed by atoms with Crippen molar-refractivity contribution in [1.29, 1.82) is 0 Å². The van der Waals surface area contributed by atoms with Crippen molar-refractivity contribution in [1.82, 2.24) is 20.2 Å². The third-order valence-corrected chi connectivity index (χ3v) is 2.03. The Bertz CT molecular complexity index is 547. The molecule has 0 saturated heterocycles. The van der Waals surface area contributed by atoms with Gasteiger partial charge in [0.2, 0.25) is 5.91 Å². The molecule has 3 N–H and O–H groups in total. The molecule has 76 valence electrons. The van der Waals surface area contributed by atoms with Crippen LogP contribution in [0.2, 0.25) is 5.15 Å². The van der Waals surface area contributed by atoms with Crippen LogP contribution in [0.3, 0.4) is 0 Å². The second-order valence-electron chi connectivity index (χ2n) is 2.74. The van der Waals surface area contributed by atoms with Crippen LogP contribution >= 0.6 is 11.6 Å². The lowest BCUT2D eigenvalue weighted by atomic mass is 10.3. The van der Waals surface area contributed by atoms with E-state index in [2.05, 4.69) is 20.2 Å². The fourth-order valence-corrected chi connectivity index (χ4v) is 1.36. The van der Waals surface area contributed by atoms with E-state index in [0.717, 1.165) is 0 Å². The van der Waals surface area contributed by atoms with E-state index in [1.54, 1.807) is 0 Å². The summed E-state index contributed by atoms with van der Waals surface area (Å²) in [6, 6.07) is 0. The first-order chi connectivity index (χ1) is 7.18. The predicted molar refractivity (Wildman–Crippen MR) is 54.9 cm³/mol. The first kappa shape index (κ1) is 9.60. The molecule has 0 saturated carbocycles. The number of hydrogen-bond acceptors (Lipinski definition) is 4. The molecule has 0 spiro atoms. The zero-order valence-electron chi connectivity index (χ0n) is 7.44. The zero-order chi connectivity index (χ0) is 10.8. The van der Waals surface area contributed by atoms with Gasteiger partial charge in [0, 0.05) is 6.08 Å². The maximum atomic E-state index is 10.6. The number of H-pyrrole nitrogens is 1. The smallest absolute Gasteiger partial charge is 0.241 e. The summed E-state index contributed by atoms with van der Waals surface area (Å²) in [6.07, 6.45) is 4.00. The molecule has 0 aliphatic heterocycles. The van der Waals surface area contributed by atoms with Crippen LogP contribution in [0.15, 0.2) is 12.4 Å². The predicted octanol–water partition coefficient (Wildman–Crippen LogP) is 0.505. The van der Waals surface area contributed by atoms with Crippen molar-refractivity contribution < 1.29 is 4.79 Å². The lowest BCUT2D eigenvalue weighted by Crippen LogP contribution is -2.05. The molecule has 0 radical (unpaired) electrons. The van der Waals surface area contributed by atoms with Crippen molar-refractivity contribution in [2.24, 2.45) is 5.73 Å². The Morgan fingerprint density at radius 3 is 3.07 bits per heavy atom. The number of rotatable bonds is 2. The molecule has 0 aliphatic carbocycles. The van der Waals surface area contributed by atoms with Gasteiger partial charge in [0.05, 0.1) is 11.1 Å². The first-order valence-electron chi connectivity index (χ1n) is 4.00. The topological polar surface area (TPSA) is 97.6 Å². The Morgan fingerprint density at radius 2 is 2.33 bits per heavy atom. The van der Waals surface area contributed by atoms with Crippen molar-refractivity contribution in [2.45, 2.75) is 0 Å². The van der Waals surface area contributed by atoms with Gasteiger partial charge in [-0.15, -0.1) is 0 Å². The van der Waals surface area contributed by atoms with Gasteiger partial charge in [0.25, 0.3) is 0 Å². The molecule has 0 atom stereocenters. The van der Waals surface area contributed by atoms with Crippen LogP contribution in [0, 0.1) is 0 Å². The maximum Gasteiger partial charge on any atom is 0.241 e. The Kier molecular flexibility index (Phi) is 2.34. The van der Waals surface area contributed by atoms with E-state index < -0.39 is 5.91 Å². The molecule has 2 heterocycles. The molecule has 2 aromatic rings. The number of amides is 1. The summed E-state index contributed by atoms with van der Waals surface area (Å²) in [5.41, 5.74) is 5.96. The summed E-state index contributed by atoms with van der Waals surface area (Å²) in [4.78, 5) is 18.3. The molecule has 15 heavy (non-hydrogen) atoms. The summed E-state index contributed by atoms with van der Waals surface area (Å²) in [5.74, 6) is -0.550. The monoisotopic (exact) mass is 223 g/mol. The highest BCUT2D eigenvalue weighted by molar-refractivity contribution is 6.34. The highest BCUT2D eigenvalue weighted by atomic mass is 35.5. The molecule has 0 bridgehead atoms. The number of fused-ring (bicyclic) bond motifs is 1. The van der Waals surface area contributed by atoms with E-state index in [0.29, 0.717) is 16.7 Å². The van der Waals surface area contributed by atoms with Crippen molar-refractivity contribution in [3.8, 4) is 0 Å². The van der Waals surface area contributed by atoms with Gasteiger partial charge in [-0.25, -0.2) is 9.97 Å². The number of nitrogens with zero attached hydrogens (tertiary/aromatic N) is 3. The van der Waals surface area contributed by atoms with Crippen molar-refractivity contribution in [3.63, 3.8) is 0 Å². The molecule has 0 aromatic carbocycles. The maximum absolute atomic E-state index is 10.6. The van der Waals surface area contributed by atoms with Crippen molar-refractivity contribution in [2.75, 3.05) is 0 Å². The average Bonchev–Trinajstić information content (AvgIpc) is 2.59. The quantitative estimate of drug-likeness (QED) is 0.572. The molecule has 2 aromatic heterocycles. The van der Waals surface area contributed by atoms with Crippen LogP contribution in [-0.4, -0.2) is 26.1 Å². The van der Waals surface area contributed by atoms with E-state index in [4.69, 9.17) is 17.3 Å². The lowest BCUT2D eigenvalue weighted by Gasteiger charge is -1.91. The van der Waals surface area contributed by atoms with Gasteiger partial charge < -0.3 is 5.73 Å². The number of aromatic amines is 1. The minimum atomic E-state index is -0.550. The Balaban J connectivity index is 2.57. The fraction of sp³-hybridized carbons (Fsp3) is 0. The SMILES string of the molecule is NC(=O)C=Cc1[nH]nc2ncnc(Cl)c12. The second kappa shape index (κ2) is 3.66. The summed E-state index contributed by atoms with van der Waals surface area (Å²) in [7, 11) is 0. The second-order valence-corrected chi connectivity index (χ2v) is 3.09. The largest absolute Gasteiger partial charge is 0.366 e. The Morgan fingerprint density at radius 1 is 1.53 bits per heavy atom. The van der Waals surface area contributed by atoms with Gasteiger partial charge in [-0.2, -0.15) is 5.10 Å². The zero-order valence-corrected chi connectivity index (χ0v) is 8.19. The van der Waals surface area contributed by atoms with E-state index in [9.17, 15) is 4.79 Å². The molecule has 2 rings (SSSR count). The number of nitrogens with two attached hydrogens (primary N) is 1. The standard InChI is InChI=1S/C8H6ClN5O/c9-7-6-4(1-2-5(10)15)13-14-8(6)12-3-11-7/h1-3H,(H2,10,15)(H,11,12,13,14). The number of carbonyl (C=O) groups is 1. The van der Waals surface area contributed by atoms with Gasteiger partial charge in [-0.05, 0) is 6.08 Å². The molecule has 6 nitrogen and oxygen atoms in total. The summed E-state index contributed by atoms with van der Waals surface area (Å²) in [6.45, 7) is 0. The molecular formula is C8H6ClN5O. The normalized spacial score (nSPS) is 11.3. The third-order valence-electron chi connectivity index (χ3n) is 1.75. The van der Waals surface area contributed by atoms with E-state index in [-0.39, 0.29) is 5.15 Å². The summed E-state index contributed by atoms with van der Waals surface area (Å²) < 4.78 is 0. The van der Waals surface area contributed by atoms with E-state index in [1.165, 1.54) is 18.5 Å². The summed E-state index contributed by atoms with van der Waals surface area (Å²) in [5, 5.41) is 7.41. The Labute approximate surface area is 89.2 Å². The number of hydrogen-bond donors (Lipinski definition) is 2. The van der Waals surface area contributed by atoms with Gasteiger partial charge in [-0.1, -0.05) is 11.6 Å². The van der Waals surface area contributed by atoms with Crippen LogP contribution in [0.25, 0.3) is 17.1 Å². The van der Waals surface area contributed by atoms with Crippen LogP contribution in [0.1, 0.15) is 5.69 Å². The molecule has 1 amide bonds. The number of halogens is 1. The van der Waals surface area contributed by atoms with Crippen molar-refractivity contribution in [3.05, 3.63) is 23.3 Å². The van der Waals surface area contributed by atoms with E-state index >= 15 is 0 Å². The lowest BCUT2D eigenvalue weighted by molar-refractivity contribution is -0.113. The highest BCUT2D eigenvalue weighted by Gasteiger charge is 2.08. The minimum absolute atomic E-state index is 0.276. The van der Waals surface area contributed by atoms with Gasteiger partial charge in [-0.3, -0.25) is 9.89 Å². The molecule has 0 aliphatic rings. The van der Waals surface area contributed by atoms with Gasteiger partial charge in [0.1, 0.15) is 11.5 Å². The average molecular weight is 224 g/mol. The minimum Gasteiger partial charge on any atom is -0.366 e. The van der Waals surface area contributed by atoms with Crippen LogP contribution in [0.5, 0.6) is 0 Å². The molecule has 0 unspecified atom stereocenters. The number of carbonyl (C=O) groups excluding carboxylic acids is 1. The van der Waals surface area contributed by atoms with E-state index in [1.807, 2.05) is 0 Å². The summed E-state index contributed by atoms with van der Waals surface area (Å²) >= 11 is 5.86. The number of primary amides is 1. The third kappa shape index (κ3) is 1.79. The van der Waals surface area contributed by atoms with Crippen LogP contribution < -0.4 is 5.73 Å². The fourth-order valence-electron chi connectivity index (χ4n) is 1.13. The molecule has 0 fully saturated rings. The number of nitrogens with one attached hydrogen (secondary N) is 1. The Hall–Kier alpha value is -1.95. The van der Waals surface area contributed by atoms with Crippen LogP contribution in [0.4, 0.5) is 0 Å².